The van der Waals surface area contributed by atoms with E-state index in [-0.39, 0.29) is 5.91 Å². The van der Waals surface area contributed by atoms with Crippen LogP contribution in [0.2, 0.25) is 0 Å². The lowest BCUT2D eigenvalue weighted by Crippen LogP contribution is -2.49. The summed E-state index contributed by atoms with van der Waals surface area (Å²) in [5, 5.41) is 6.87. The van der Waals surface area contributed by atoms with Crippen molar-refractivity contribution in [3.63, 3.8) is 0 Å². The van der Waals surface area contributed by atoms with E-state index in [4.69, 9.17) is 9.26 Å². The maximum atomic E-state index is 12.4. The van der Waals surface area contributed by atoms with Gasteiger partial charge in [0.05, 0.1) is 6.54 Å². The minimum absolute atomic E-state index is 0.0903. The Bertz CT molecular complexity index is 964. The van der Waals surface area contributed by atoms with Crippen LogP contribution in [0.1, 0.15) is 5.56 Å². The Balaban J connectivity index is 1.17. The fourth-order valence-corrected chi connectivity index (χ4v) is 3.55. The number of aryl methyl sites for hydroxylation is 1. The molecule has 0 radical (unpaired) electrons. The first kappa shape index (κ1) is 21.1. The normalized spacial score (nSPS) is 15.0. The number of hydrogen-bond acceptors (Lipinski definition) is 6. The first-order valence-electron chi connectivity index (χ1n) is 10.6. The van der Waals surface area contributed by atoms with Crippen LogP contribution in [0.4, 0.5) is 5.88 Å². The van der Waals surface area contributed by atoms with Gasteiger partial charge in [-0.25, -0.2) is 0 Å². The summed E-state index contributed by atoms with van der Waals surface area (Å²) >= 11 is 0. The molecule has 7 nitrogen and oxygen atoms in total. The zero-order chi connectivity index (χ0) is 21.5. The highest BCUT2D eigenvalue weighted by Crippen LogP contribution is 2.22. The molecule has 4 rings (SSSR count). The maximum absolute atomic E-state index is 12.4. The molecule has 1 saturated heterocycles. The number of piperazine rings is 1. The number of nitrogens with zero attached hydrogens (tertiary/aromatic N) is 3. The minimum Gasteiger partial charge on any atom is -0.492 e. The Morgan fingerprint density at radius 1 is 1.03 bits per heavy atom. The molecule has 1 aliphatic heterocycles. The molecule has 2 aromatic carbocycles. The average Bonchev–Trinajstić information content (AvgIpc) is 3.24. The van der Waals surface area contributed by atoms with Gasteiger partial charge in [-0.1, -0.05) is 53.2 Å². The van der Waals surface area contributed by atoms with Gasteiger partial charge in [-0.2, -0.15) is 0 Å². The predicted octanol–water partition coefficient (Wildman–Crippen LogP) is 3.29. The van der Waals surface area contributed by atoms with E-state index in [9.17, 15) is 4.79 Å². The van der Waals surface area contributed by atoms with Gasteiger partial charge in [0.15, 0.2) is 0 Å². The Kier molecular flexibility index (Phi) is 6.96. The molecule has 0 saturated carbocycles. The van der Waals surface area contributed by atoms with E-state index in [1.807, 2.05) is 61.5 Å². The van der Waals surface area contributed by atoms with Crippen LogP contribution >= 0.6 is 0 Å². The molecule has 1 aromatic heterocycles. The topological polar surface area (TPSA) is 70.8 Å². The van der Waals surface area contributed by atoms with E-state index in [0.29, 0.717) is 24.7 Å². The smallest absolute Gasteiger partial charge is 0.240 e. The number of para-hydroxylation sites is 1. The zero-order valence-electron chi connectivity index (χ0n) is 17.8. The van der Waals surface area contributed by atoms with Crippen molar-refractivity contribution in [3.8, 4) is 17.0 Å². The van der Waals surface area contributed by atoms with Crippen LogP contribution in [-0.4, -0.2) is 66.7 Å². The maximum Gasteiger partial charge on any atom is 0.240 e. The van der Waals surface area contributed by atoms with Gasteiger partial charge in [0.25, 0.3) is 0 Å². The van der Waals surface area contributed by atoms with E-state index in [0.717, 1.165) is 44.0 Å². The van der Waals surface area contributed by atoms with Crippen molar-refractivity contribution in [2.75, 3.05) is 51.2 Å². The molecule has 7 heteroatoms. The molecule has 162 valence electrons. The number of carbonyl (C=O) groups excluding carboxylic acids is 1. The minimum atomic E-state index is -0.0903. The van der Waals surface area contributed by atoms with Gasteiger partial charge in [-0.3, -0.25) is 19.9 Å². The Morgan fingerprint density at radius 2 is 1.74 bits per heavy atom. The van der Waals surface area contributed by atoms with Gasteiger partial charge in [0, 0.05) is 44.4 Å². The van der Waals surface area contributed by atoms with E-state index in [1.165, 1.54) is 5.56 Å². The summed E-state index contributed by atoms with van der Waals surface area (Å²) in [6.45, 7) is 7.48. The summed E-state index contributed by atoms with van der Waals surface area (Å²) in [7, 11) is 0. The lowest BCUT2D eigenvalue weighted by molar-refractivity contribution is -0.117. The first-order valence-corrected chi connectivity index (χ1v) is 10.6. The Morgan fingerprint density at radius 3 is 2.48 bits per heavy atom. The monoisotopic (exact) mass is 420 g/mol. The molecule has 1 amide bonds. The van der Waals surface area contributed by atoms with Crippen LogP contribution in [0.15, 0.2) is 65.2 Å². The number of carbonyl (C=O) groups is 1. The van der Waals surface area contributed by atoms with Crippen LogP contribution in [-0.2, 0) is 4.79 Å². The molecule has 31 heavy (non-hydrogen) atoms. The molecule has 3 aromatic rings. The molecule has 1 aliphatic rings. The summed E-state index contributed by atoms with van der Waals surface area (Å²) in [6.07, 6.45) is 0. The highest BCUT2D eigenvalue weighted by Gasteiger charge is 2.19. The van der Waals surface area contributed by atoms with Crippen LogP contribution in [0.5, 0.6) is 5.75 Å². The lowest BCUT2D eigenvalue weighted by Gasteiger charge is -2.34. The number of amides is 1. The van der Waals surface area contributed by atoms with E-state index in [1.54, 1.807) is 6.07 Å². The summed E-state index contributed by atoms with van der Waals surface area (Å²) in [5.41, 5.74) is 2.86. The van der Waals surface area contributed by atoms with Crippen LogP contribution in [0, 0.1) is 6.92 Å². The molecular weight excluding hydrogens is 392 g/mol. The average molecular weight is 421 g/mol. The quantitative estimate of drug-likeness (QED) is 0.603. The standard InChI is InChI=1S/C24H28N4O3/c1-19-7-9-20(10-8-19)22-17-24(31-26-22)25-23(29)18-28-13-11-27(12-14-28)15-16-30-21-5-3-2-4-6-21/h2-10,17H,11-16,18H2,1H3,(H,25,29). The first-order chi connectivity index (χ1) is 15.2. The number of anilines is 1. The second-order valence-electron chi connectivity index (χ2n) is 7.77. The second kappa shape index (κ2) is 10.2. The summed E-state index contributed by atoms with van der Waals surface area (Å²) in [4.78, 5) is 16.9. The van der Waals surface area contributed by atoms with Crippen molar-refractivity contribution in [2.45, 2.75) is 6.92 Å². The SMILES string of the molecule is Cc1ccc(-c2cc(NC(=O)CN3CCN(CCOc4ccccc4)CC3)on2)cc1. The highest BCUT2D eigenvalue weighted by atomic mass is 16.5. The number of ether oxygens (including phenoxy) is 1. The van der Waals surface area contributed by atoms with E-state index < -0.39 is 0 Å². The van der Waals surface area contributed by atoms with Crippen molar-refractivity contribution in [2.24, 2.45) is 0 Å². The molecule has 1 fully saturated rings. The number of rotatable bonds is 8. The summed E-state index contributed by atoms with van der Waals surface area (Å²) in [5.74, 6) is 1.18. The largest absolute Gasteiger partial charge is 0.492 e. The molecule has 0 atom stereocenters. The highest BCUT2D eigenvalue weighted by molar-refractivity contribution is 5.91. The molecule has 0 unspecified atom stereocenters. The zero-order valence-corrected chi connectivity index (χ0v) is 17.8. The molecule has 0 aliphatic carbocycles. The van der Waals surface area contributed by atoms with Crippen LogP contribution in [0.3, 0.4) is 0 Å². The molecule has 1 N–H and O–H groups in total. The third-order valence-corrected chi connectivity index (χ3v) is 5.37. The number of aromatic nitrogens is 1. The van der Waals surface area contributed by atoms with Crippen molar-refractivity contribution in [1.82, 2.24) is 15.0 Å². The second-order valence-corrected chi connectivity index (χ2v) is 7.77. The van der Waals surface area contributed by atoms with Gasteiger partial charge in [0.1, 0.15) is 18.1 Å². The number of hydrogen-bond donors (Lipinski definition) is 1. The molecule has 2 heterocycles. The van der Waals surface area contributed by atoms with Gasteiger partial charge in [0.2, 0.25) is 11.8 Å². The van der Waals surface area contributed by atoms with Crippen LogP contribution < -0.4 is 10.1 Å². The van der Waals surface area contributed by atoms with E-state index >= 15 is 0 Å². The third kappa shape index (κ3) is 6.16. The predicted molar refractivity (Wildman–Crippen MR) is 120 cm³/mol. The fraction of sp³-hybridized carbons (Fsp3) is 0.333. The van der Waals surface area contributed by atoms with Gasteiger partial charge in [-0.15, -0.1) is 0 Å². The number of nitrogens with one attached hydrogen (secondary N) is 1. The van der Waals surface area contributed by atoms with Crippen LogP contribution in [0.25, 0.3) is 11.3 Å². The summed E-state index contributed by atoms with van der Waals surface area (Å²) < 4.78 is 11.1. The van der Waals surface area contributed by atoms with Gasteiger partial charge in [-0.05, 0) is 19.1 Å². The molecular formula is C24H28N4O3. The van der Waals surface area contributed by atoms with Crippen molar-refractivity contribution in [3.05, 3.63) is 66.2 Å². The lowest BCUT2D eigenvalue weighted by atomic mass is 10.1. The molecule has 0 spiro atoms. The molecule has 0 bridgehead atoms. The van der Waals surface area contributed by atoms with Crippen molar-refractivity contribution in [1.29, 1.82) is 0 Å². The Labute approximate surface area is 182 Å². The van der Waals surface area contributed by atoms with Gasteiger partial charge < -0.3 is 9.26 Å². The fourth-order valence-electron chi connectivity index (χ4n) is 3.55. The van der Waals surface area contributed by atoms with Crippen molar-refractivity contribution < 1.29 is 14.1 Å². The third-order valence-electron chi connectivity index (χ3n) is 5.37. The van der Waals surface area contributed by atoms with E-state index in [2.05, 4.69) is 20.3 Å². The summed E-state index contributed by atoms with van der Waals surface area (Å²) in [6, 6.07) is 19.6. The van der Waals surface area contributed by atoms with Crippen molar-refractivity contribution >= 4 is 11.8 Å². The van der Waals surface area contributed by atoms with Gasteiger partial charge >= 0.3 is 0 Å². The number of benzene rings is 2. The Hall–Kier alpha value is -3.16.